The molecule has 152 valence electrons. The lowest BCUT2D eigenvalue weighted by Gasteiger charge is -2.10. The molecule has 4 aromatic rings. The highest BCUT2D eigenvalue weighted by Gasteiger charge is 2.10. The Morgan fingerprint density at radius 3 is 2.87 bits per heavy atom. The van der Waals surface area contributed by atoms with E-state index in [1.54, 1.807) is 29.4 Å². The van der Waals surface area contributed by atoms with Gasteiger partial charge in [0, 0.05) is 27.8 Å². The molecule has 2 aromatic carbocycles. The van der Waals surface area contributed by atoms with E-state index >= 15 is 0 Å². The van der Waals surface area contributed by atoms with Crippen molar-refractivity contribution < 1.29 is 9.90 Å². The first-order valence-corrected chi connectivity index (χ1v) is 11.6. The molecule has 0 saturated carbocycles. The molecule has 4 rings (SSSR count). The van der Waals surface area contributed by atoms with Crippen LogP contribution in [0.4, 0.5) is 5.82 Å². The van der Waals surface area contributed by atoms with Crippen molar-refractivity contribution in [2.75, 3.05) is 18.1 Å². The third kappa shape index (κ3) is 4.80. The molecule has 0 fully saturated rings. The molecular weight excluding hydrogens is 414 g/mol. The maximum atomic E-state index is 11.1. The number of anilines is 1. The van der Waals surface area contributed by atoms with Crippen LogP contribution in [-0.4, -0.2) is 33.8 Å². The van der Waals surface area contributed by atoms with E-state index in [2.05, 4.69) is 44.9 Å². The standard InChI is InChI=1S/C23H21N3O2S2/c1-29-21-11-16(3-4-17(21)12-23(27)28)19-13-22(26-14-25-19)24-8-6-15-2-5-20-18(10-15)7-9-30-20/h2-5,7,9-11,13-14H,6,8,12H2,1H3,(H,27,28)(H,24,25,26). The number of nitrogens with one attached hydrogen (secondary N) is 1. The van der Waals surface area contributed by atoms with E-state index in [4.69, 9.17) is 5.11 Å². The van der Waals surface area contributed by atoms with Crippen molar-refractivity contribution in [1.29, 1.82) is 0 Å². The van der Waals surface area contributed by atoms with Crippen LogP contribution in [0.1, 0.15) is 11.1 Å². The Kier molecular flexibility index (Phi) is 6.30. The zero-order valence-electron chi connectivity index (χ0n) is 16.5. The Balaban J connectivity index is 1.45. The van der Waals surface area contributed by atoms with Gasteiger partial charge in [0.05, 0.1) is 12.1 Å². The number of aromatic nitrogens is 2. The molecule has 0 saturated heterocycles. The Labute approximate surface area is 183 Å². The molecule has 30 heavy (non-hydrogen) atoms. The molecule has 0 atom stereocenters. The summed E-state index contributed by atoms with van der Waals surface area (Å²) < 4.78 is 1.31. The molecular formula is C23H21N3O2S2. The number of carboxylic acid groups (broad SMARTS) is 1. The van der Waals surface area contributed by atoms with Gasteiger partial charge in [-0.2, -0.15) is 0 Å². The predicted molar refractivity (Wildman–Crippen MR) is 125 cm³/mol. The third-order valence-electron chi connectivity index (χ3n) is 4.83. The van der Waals surface area contributed by atoms with Gasteiger partial charge in [-0.3, -0.25) is 4.79 Å². The number of hydrogen-bond acceptors (Lipinski definition) is 6. The number of benzene rings is 2. The first-order valence-electron chi connectivity index (χ1n) is 9.53. The van der Waals surface area contributed by atoms with Crippen molar-refractivity contribution in [3.8, 4) is 11.3 Å². The summed E-state index contributed by atoms with van der Waals surface area (Å²) in [7, 11) is 0. The summed E-state index contributed by atoms with van der Waals surface area (Å²) in [4.78, 5) is 20.7. The number of thioether (sulfide) groups is 1. The van der Waals surface area contributed by atoms with Gasteiger partial charge in [-0.05, 0) is 52.8 Å². The van der Waals surface area contributed by atoms with Gasteiger partial charge in [0.2, 0.25) is 0 Å². The van der Waals surface area contributed by atoms with Crippen LogP contribution in [0, 0.1) is 0 Å². The van der Waals surface area contributed by atoms with Crippen LogP contribution in [0.25, 0.3) is 21.3 Å². The van der Waals surface area contributed by atoms with Gasteiger partial charge in [-0.25, -0.2) is 9.97 Å². The topological polar surface area (TPSA) is 75.1 Å². The van der Waals surface area contributed by atoms with Gasteiger partial charge >= 0.3 is 5.97 Å². The molecule has 0 unspecified atom stereocenters. The molecule has 0 spiro atoms. The molecule has 0 amide bonds. The fourth-order valence-electron chi connectivity index (χ4n) is 3.33. The summed E-state index contributed by atoms with van der Waals surface area (Å²) in [5.41, 5.74) is 3.86. The van der Waals surface area contributed by atoms with Crippen LogP contribution in [0.5, 0.6) is 0 Å². The van der Waals surface area contributed by atoms with Crippen LogP contribution in [-0.2, 0) is 17.6 Å². The van der Waals surface area contributed by atoms with Crippen molar-refractivity contribution in [2.45, 2.75) is 17.7 Å². The van der Waals surface area contributed by atoms with Crippen molar-refractivity contribution in [3.63, 3.8) is 0 Å². The number of carboxylic acids is 1. The molecule has 5 nitrogen and oxygen atoms in total. The minimum absolute atomic E-state index is 0.0181. The second-order valence-electron chi connectivity index (χ2n) is 6.86. The average molecular weight is 436 g/mol. The van der Waals surface area contributed by atoms with Gasteiger partial charge in [0.15, 0.2) is 0 Å². The second-order valence-corrected chi connectivity index (χ2v) is 8.65. The van der Waals surface area contributed by atoms with E-state index in [1.807, 2.05) is 30.5 Å². The number of nitrogens with zero attached hydrogens (tertiary/aromatic N) is 2. The predicted octanol–water partition coefficient (Wildman–Crippen LogP) is 5.36. The minimum atomic E-state index is -0.829. The van der Waals surface area contributed by atoms with Crippen molar-refractivity contribution >= 4 is 45.0 Å². The van der Waals surface area contributed by atoms with Gasteiger partial charge < -0.3 is 10.4 Å². The molecule has 2 N–H and O–H groups in total. The van der Waals surface area contributed by atoms with E-state index in [-0.39, 0.29) is 6.42 Å². The molecule has 2 heterocycles. The summed E-state index contributed by atoms with van der Waals surface area (Å²) >= 11 is 3.30. The lowest BCUT2D eigenvalue weighted by atomic mass is 10.1. The quantitative estimate of drug-likeness (QED) is 0.363. The normalized spacial score (nSPS) is 11.0. The number of rotatable bonds is 8. The number of aliphatic carboxylic acids is 1. The fraction of sp³-hybridized carbons (Fsp3) is 0.174. The maximum Gasteiger partial charge on any atom is 0.307 e. The fourth-order valence-corrected chi connectivity index (χ4v) is 4.75. The first-order chi connectivity index (χ1) is 14.6. The molecule has 0 bridgehead atoms. The zero-order chi connectivity index (χ0) is 20.9. The Hall–Kier alpha value is -2.90. The summed E-state index contributed by atoms with van der Waals surface area (Å²) in [5, 5.41) is 15.9. The van der Waals surface area contributed by atoms with Crippen LogP contribution < -0.4 is 5.32 Å². The van der Waals surface area contributed by atoms with Crippen molar-refractivity contribution in [2.24, 2.45) is 0 Å². The van der Waals surface area contributed by atoms with Crippen LogP contribution in [0.15, 0.2) is 65.1 Å². The van der Waals surface area contributed by atoms with E-state index in [1.165, 1.54) is 15.6 Å². The molecule has 0 aliphatic heterocycles. The van der Waals surface area contributed by atoms with E-state index in [0.717, 1.165) is 40.5 Å². The van der Waals surface area contributed by atoms with E-state index in [0.29, 0.717) is 0 Å². The Morgan fingerprint density at radius 1 is 1.13 bits per heavy atom. The second kappa shape index (κ2) is 9.28. The molecule has 0 radical (unpaired) electrons. The first kappa shape index (κ1) is 20.4. The van der Waals surface area contributed by atoms with Crippen LogP contribution in [0.3, 0.4) is 0 Å². The lowest BCUT2D eigenvalue weighted by Crippen LogP contribution is -2.06. The lowest BCUT2D eigenvalue weighted by molar-refractivity contribution is -0.136. The molecule has 2 aromatic heterocycles. The number of fused-ring (bicyclic) bond motifs is 1. The molecule has 0 aliphatic rings. The summed E-state index contributed by atoms with van der Waals surface area (Å²) in [6.07, 6.45) is 4.43. The number of hydrogen-bond donors (Lipinski definition) is 2. The summed E-state index contributed by atoms with van der Waals surface area (Å²) in [5.74, 6) is -0.0540. The average Bonchev–Trinajstić information content (AvgIpc) is 3.22. The highest BCUT2D eigenvalue weighted by atomic mass is 32.2. The van der Waals surface area contributed by atoms with Gasteiger partial charge in [0.1, 0.15) is 12.1 Å². The Bertz CT molecular complexity index is 1190. The monoisotopic (exact) mass is 435 g/mol. The van der Waals surface area contributed by atoms with Crippen molar-refractivity contribution in [1.82, 2.24) is 9.97 Å². The molecule has 0 aliphatic carbocycles. The third-order valence-corrected chi connectivity index (χ3v) is 6.55. The zero-order valence-corrected chi connectivity index (χ0v) is 18.1. The largest absolute Gasteiger partial charge is 0.481 e. The smallest absolute Gasteiger partial charge is 0.307 e. The van der Waals surface area contributed by atoms with Gasteiger partial charge in [-0.1, -0.05) is 24.3 Å². The van der Waals surface area contributed by atoms with E-state index in [9.17, 15) is 4.79 Å². The minimum Gasteiger partial charge on any atom is -0.481 e. The van der Waals surface area contributed by atoms with Crippen LogP contribution >= 0.6 is 23.1 Å². The Morgan fingerprint density at radius 2 is 2.03 bits per heavy atom. The van der Waals surface area contributed by atoms with Crippen LogP contribution in [0.2, 0.25) is 0 Å². The van der Waals surface area contributed by atoms with Gasteiger partial charge in [0.25, 0.3) is 0 Å². The summed E-state index contributed by atoms with van der Waals surface area (Å²) in [6, 6.07) is 16.4. The maximum absolute atomic E-state index is 11.1. The number of carbonyl (C=O) groups is 1. The highest BCUT2D eigenvalue weighted by Crippen LogP contribution is 2.28. The molecule has 7 heteroatoms. The highest BCUT2D eigenvalue weighted by molar-refractivity contribution is 7.98. The summed E-state index contributed by atoms with van der Waals surface area (Å²) in [6.45, 7) is 0.777. The van der Waals surface area contributed by atoms with Gasteiger partial charge in [-0.15, -0.1) is 23.1 Å². The van der Waals surface area contributed by atoms with Crippen molar-refractivity contribution in [3.05, 3.63) is 71.4 Å². The SMILES string of the molecule is CSc1cc(-c2cc(NCCc3ccc4sccc4c3)ncn2)ccc1CC(=O)O. The number of thiophene rings is 1. The van der Waals surface area contributed by atoms with E-state index < -0.39 is 5.97 Å².